The number of amides is 1. The van der Waals surface area contributed by atoms with Crippen molar-refractivity contribution < 1.29 is 9.53 Å². The van der Waals surface area contributed by atoms with Crippen molar-refractivity contribution in [1.29, 1.82) is 0 Å². The second-order valence-corrected chi connectivity index (χ2v) is 5.91. The van der Waals surface area contributed by atoms with Gasteiger partial charge in [-0.3, -0.25) is 10.2 Å². The minimum Gasteiger partial charge on any atom is -0.496 e. The smallest absolute Gasteiger partial charge is 0.234 e. The zero-order valence-electron chi connectivity index (χ0n) is 12.7. The van der Waals surface area contributed by atoms with Gasteiger partial charge in [-0.1, -0.05) is 31.6 Å². The molecule has 2 atom stereocenters. The Morgan fingerprint density at radius 3 is 2.95 bits per heavy atom. The molecule has 1 aliphatic rings. The van der Waals surface area contributed by atoms with Crippen LogP contribution in [0.5, 0.6) is 5.75 Å². The molecule has 114 valence electrons. The van der Waals surface area contributed by atoms with Crippen molar-refractivity contribution in [3.63, 3.8) is 0 Å². The van der Waals surface area contributed by atoms with Gasteiger partial charge >= 0.3 is 0 Å². The molecule has 1 saturated heterocycles. The van der Waals surface area contributed by atoms with Gasteiger partial charge in [0.2, 0.25) is 5.91 Å². The van der Waals surface area contributed by atoms with Crippen LogP contribution in [0.15, 0.2) is 29.2 Å². The highest BCUT2D eigenvalue weighted by molar-refractivity contribution is 7.98. The fraction of sp³-hybridized carbons (Fsp3) is 0.438. The molecule has 5 heteroatoms. The monoisotopic (exact) mass is 306 g/mol. The molecule has 0 spiro atoms. The first-order valence-corrected chi connectivity index (χ1v) is 8.35. The maximum Gasteiger partial charge on any atom is 0.234 e. The average Bonchev–Trinajstić information content (AvgIpc) is 2.53. The van der Waals surface area contributed by atoms with Gasteiger partial charge in [-0.05, 0) is 29.9 Å². The lowest BCUT2D eigenvalue weighted by atomic mass is 9.91. The molecule has 1 heterocycles. The summed E-state index contributed by atoms with van der Waals surface area (Å²) in [5.41, 5.74) is 6.87. The highest BCUT2D eigenvalue weighted by Gasteiger charge is 2.25. The van der Waals surface area contributed by atoms with E-state index in [2.05, 4.69) is 42.1 Å². The number of hydrogen-bond donors (Lipinski definition) is 2. The zero-order chi connectivity index (χ0) is 15.2. The highest BCUT2D eigenvalue weighted by Crippen LogP contribution is 2.29. The molecule has 1 aromatic rings. The second-order valence-electron chi connectivity index (χ2n) is 5.06. The van der Waals surface area contributed by atoms with Crippen LogP contribution in [0.2, 0.25) is 0 Å². The summed E-state index contributed by atoms with van der Waals surface area (Å²) in [5.74, 6) is 1.29. The Bertz CT molecular complexity index is 531. The van der Waals surface area contributed by atoms with Crippen LogP contribution >= 0.6 is 11.8 Å². The van der Waals surface area contributed by atoms with Crippen molar-refractivity contribution in [2.45, 2.75) is 30.7 Å². The van der Waals surface area contributed by atoms with Gasteiger partial charge in [-0.15, -0.1) is 11.8 Å². The number of carbonyl (C=O) groups excluding carboxylic acids is 1. The van der Waals surface area contributed by atoms with Crippen LogP contribution in [-0.4, -0.2) is 25.3 Å². The SMILES string of the molecule is CCC1CC(=O)NNC1/C=C/c1ccc(SC)c(OC)c1. The Hall–Kier alpha value is -1.46. The summed E-state index contributed by atoms with van der Waals surface area (Å²) in [6, 6.07) is 6.34. The first-order chi connectivity index (χ1) is 10.2. The van der Waals surface area contributed by atoms with Gasteiger partial charge in [-0.25, -0.2) is 5.43 Å². The lowest BCUT2D eigenvalue weighted by Crippen LogP contribution is -2.52. The third-order valence-corrected chi connectivity index (χ3v) is 4.54. The van der Waals surface area contributed by atoms with E-state index in [-0.39, 0.29) is 11.9 Å². The molecule has 0 saturated carbocycles. The van der Waals surface area contributed by atoms with Crippen LogP contribution < -0.4 is 15.6 Å². The molecular formula is C16H22N2O2S. The molecule has 21 heavy (non-hydrogen) atoms. The van der Waals surface area contributed by atoms with E-state index in [1.807, 2.05) is 12.3 Å². The number of hydrazine groups is 1. The van der Waals surface area contributed by atoms with Gasteiger partial charge < -0.3 is 4.74 Å². The Morgan fingerprint density at radius 1 is 1.48 bits per heavy atom. The first kappa shape index (κ1) is 15.9. The molecule has 2 N–H and O–H groups in total. The zero-order valence-corrected chi connectivity index (χ0v) is 13.5. The summed E-state index contributed by atoms with van der Waals surface area (Å²) in [6.45, 7) is 2.11. The standard InChI is InChI=1S/C16H22N2O2S/c1-4-12-10-16(19)18-17-13(12)7-5-11-6-8-15(21-3)14(9-11)20-2/h5-9,12-13,17H,4,10H2,1-3H3,(H,18,19)/b7-5+. The van der Waals surface area contributed by atoms with Crippen LogP contribution in [0.1, 0.15) is 25.3 Å². The number of methoxy groups -OCH3 is 1. The number of ether oxygens (including phenoxy) is 1. The van der Waals surface area contributed by atoms with E-state index >= 15 is 0 Å². The molecule has 0 bridgehead atoms. The van der Waals surface area contributed by atoms with Crippen molar-refractivity contribution in [1.82, 2.24) is 10.9 Å². The van der Waals surface area contributed by atoms with E-state index in [4.69, 9.17) is 4.74 Å². The van der Waals surface area contributed by atoms with Crippen molar-refractivity contribution in [3.8, 4) is 5.75 Å². The van der Waals surface area contributed by atoms with Gasteiger partial charge in [0.15, 0.2) is 0 Å². The summed E-state index contributed by atoms with van der Waals surface area (Å²) in [6.07, 6.45) is 7.77. The van der Waals surface area contributed by atoms with Crippen molar-refractivity contribution >= 4 is 23.7 Å². The largest absolute Gasteiger partial charge is 0.496 e. The number of benzene rings is 1. The Kier molecular flexibility index (Phi) is 5.70. The average molecular weight is 306 g/mol. The molecule has 0 aromatic heterocycles. The Labute approximate surface area is 130 Å². The van der Waals surface area contributed by atoms with Gasteiger partial charge in [0, 0.05) is 17.4 Å². The van der Waals surface area contributed by atoms with E-state index in [0.29, 0.717) is 12.3 Å². The molecule has 0 radical (unpaired) electrons. The minimum absolute atomic E-state index is 0.0671. The number of thioether (sulfide) groups is 1. The lowest BCUT2D eigenvalue weighted by molar-refractivity contribution is -0.125. The summed E-state index contributed by atoms with van der Waals surface area (Å²) < 4.78 is 5.40. The van der Waals surface area contributed by atoms with Gasteiger partial charge in [0.1, 0.15) is 5.75 Å². The maximum absolute atomic E-state index is 11.4. The summed E-state index contributed by atoms with van der Waals surface area (Å²) >= 11 is 1.67. The van der Waals surface area contributed by atoms with Crippen molar-refractivity contribution in [2.24, 2.45) is 5.92 Å². The summed E-state index contributed by atoms with van der Waals surface area (Å²) in [5, 5.41) is 0. The normalized spacial score (nSPS) is 22.3. The van der Waals surface area contributed by atoms with E-state index in [1.54, 1.807) is 18.9 Å². The van der Waals surface area contributed by atoms with Gasteiger partial charge in [-0.2, -0.15) is 0 Å². The molecule has 1 aliphatic heterocycles. The Balaban J connectivity index is 2.11. The topological polar surface area (TPSA) is 50.4 Å². The first-order valence-electron chi connectivity index (χ1n) is 7.12. The molecule has 0 aliphatic carbocycles. The van der Waals surface area contributed by atoms with E-state index < -0.39 is 0 Å². The van der Waals surface area contributed by atoms with Crippen LogP contribution in [0.4, 0.5) is 0 Å². The van der Waals surface area contributed by atoms with Gasteiger partial charge in [0.25, 0.3) is 0 Å². The Morgan fingerprint density at radius 2 is 2.29 bits per heavy atom. The van der Waals surface area contributed by atoms with Crippen LogP contribution in [0.3, 0.4) is 0 Å². The van der Waals surface area contributed by atoms with Crippen LogP contribution in [-0.2, 0) is 4.79 Å². The molecule has 1 aromatic carbocycles. The number of carbonyl (C=O) groups is 1. The molecular weight excluding hydrogens is 284 g/mol. The van der Waals surface area contributed by atoms with E-state index in [9.17, 15) is 4.79 Å². The maximum atomic E-state index is 11.4. The summed E-state index contributed by atoms with van der Waals surface area (Å²) in [4.78, 5) is 12.5. The highest BCUT2D eigenvalue weighted by atomic mass is 32.2. The fourth-order valence-electron chi connectivity index (χ4n) is 2.47. The molecule has 2 rings (SSSR count). The van der Waals surface area contributed by atoms with Crippen LogP contribution in [0.25, 0.3) is 6.08 Å². The minimum atomic E-state index is 0.0671. The molecule has 1 amide bonds. The summed E-state index contributed by atoms with van der Waals surface area (Å²) in [7, 11) is 1.69. The van der Waals surface area contributed by atoms with Crippen molar-refractivity contribution in [2.75, 3.05) is 13.4 Å². The molecule has 1 fully saturated rings. The molecule has 4 nitrogen and oxygen atoms in total. The van der Waals surface area contributed by atoms with Crippen LogP contribution in [0, 0.1) is 5.92 Å². The number of rotatable bonds is 5. The van der Waals surface area contributed by atoms with Gasteiger partial charge in [0.05, 0.1) is 7.11 Å². The fourth-order valence-corrected chi connectivity index (χ4v) is 3.02. The van der Waals surface area contributed by atoms with E-state index in [0.717, 1.165) is 22.6 Å². The molecule has 2 unspecified atom stereocenters. The quantitative estimate of drug-likeness (QED) is 0.821. The lowest BCUT2D eigenvalue weighted by Gasteiger charge is -2.29. The van der Waals surface area contributed by atoms with E-state index in [1.165, 1.54) is 0 Å². The predicted molar refractivity (Wildman–Crippen MR) is 87.3 cm³/mol. The second kappa shape index (κ2) is 7.52. The predicted octanol–water partition coefficient (Wildman–Crippen LogP) is 2.85. The third-order valence-electron chi connectivity index (χ3n) is 3.76. The third kappa shape index (κ3) is 4.02. The number of nitrogens with one attached hydrogen (secondary N) is 2. The van der Waals surface area contributed by atoms with Crippen molar-refractivity contribution in [3.05, 3.63) is 29.8 Å². The number of hydrogen-bond acceptors (Lipinski definition) is 4.